The molecule has 2 aromatic heterocycles. The van der Waals surface area contributed by atoms with Crippen LogP contribution in [0.2, 0.25) is 0 Å². The Morgan fingerprint density at radius 3 is 2.68 bits per heavy atom. The Morgan fingerprint density at radius 1 is 1.08 bits per heavy atom. The van der Waals surface area contributed by atoms with Gasteiger partial charge in [-0.2, -0.15) is 0 Å². The first-order valence-electron chi connectivity index (χ1n) is 13.1. The molecular formula is C28H34N6O3. The van der Waals surface area contributed by atoms with Crippen LogP contribution in [0.5, 0.6) is 0 Å². The maximum Gasteiger partial charge on any atom is 0.245 e. The van der Waals surface area contributed by atoms with E-state index in [4.69, 9.17) is 9.41 Å². The second-order valence-electron chi connectivity index (χ2n) is 9.80. The zero-order chi connectivity index (χ0) is 25.6. The van der Waals surface area contributed by atoms with E-state index in [0.29, 0.717) is 25.5 Å². The summed E-state index contributed by atoms with van der Waals surface area (Å²) in [5, 5.41) is 7.74. The molecule has 2 aliphatic rings. The lowest BCUT2D eigenvalue weighted by Crippen LogP contribution is -2.51. The van der Waals surface area contributed by atoms with Crippen LogP contribution >= 0.6 is 0 Å². The number of amides is 2. The van der Waals surface area contributed by atoms with Crippen molar-refractivity contribution >= 4 is 34.4 Å². The maximum absolute atomic E-state index is 13.5. The lowest BCUT2D eigenvalue weighted by molar-refractivity contribution is -0.140. The number of nitrogens with zero attached hydrogens (tertiary/aromatic N) is 4. The van der Waals surface area contributed by atoms with Crippen molar-refractivity contribution in [3.8, 4) is 0 Å². The molecule has 1 aromatic carbocycles. The summed E-state index contributed by atoms with van der Waals surface area (Å²) in [5.74, 6) is 1.36. The molecule has 2 amide bonds. The van der Waals surface area contributed by atoms with E-state index in [9.17, 15) is 9.59 Å². The number of carbonyl (C=O) groups excluding carboxylic acids is 2. The second kappa shape index (κ2) is 11.5. The number of aliphatic imine (C=N–C) groups is 1. The highest BCUT2D eigenvalue weighted by atomic mass is 16.3. The molecule has 0 aliphatic carbocycles. The number of hydrogen-bond donors (Lipinski definition) is 2. The molecular weight excluding hydrogens is 468 g/mol. The SMILES string of the molecule is Cc1cc2cc(NC(=NCc3ccncc3)NC3CCCCN(CC(=O)N4CCCC4)C3=O)ccc2o1. The number of likely N-dealkylation sites (tertiary alicyclic amines) is 2. The molecule has 37 heavy (non-hydrogen) atoms. The van der Waals surface area contributed by atoms with Gasteiger partial charge in [0.15, 0.2) is 5.96 Å². The van der Waals surface area contributed by atoms with Gasteiger partial charge in [0.25, 0.3) is 0 Å². The topological polar surface area (TPSA) is 103 Å². The Morgan fingerprint density at radius 2 is 1.86 bits per heavy atom. The number of furan rings is 1. The molecule has 4 heterocycles. The van der Waals surface area contributed by atoms with Gasteiger partial charge in [-0.3, -0.25) is 14.6 Å². The van der Waals surface area contributed by atoms with Gasteiger partial charge >= 0.3 is 0 Å². The van der Waals surface area contributed by atoms with Gasteiger partial charge in [0, 0.05) is 43.1 Å². The molecule has 0 radical (unpaired) electrons. The summed E-state index contributed by atoms with van der Waals surface area (Å²) >= 11 is 0. The van der Waals surface area contributed by atoms with Crippen LogP contribution in [0.4, 0.5) is 5.69 Å². The van der Waals surface area contributed by atoms with Gasteiger partial charge in [0.2, 0.25) is 11.8 Å². The molecule has 194 valence electrons. The third kappa shape index (κ3) is 6.28. The van der Waals surface area contributed by atoms with Crippen molar-refractivity contribution in [3.05, 3.63) is 60.1 Å². The fourth-order valence-corrected chi connectivity index (χ4v) is 4.96. The normalized spacial score (nSPS) is 18.8. The largest absolute Gasteiger partial charge is 0.461 e. The molecule has 0 bridgehead atoms. The van der Waals surface area contributed by atoms with Crippen LogP contribution in [0.15, 0.2) is 58.2 Å². The van der Waals surface area contributed by atoms with E-state index < -0.39 is 6.04 Å². The number of carbonyl (C=O) groups is 2. The summed E-state index contributed by atoms with van der Waals surface area (Å²) < 4.78 is 5.70. The fraction of sp³-hybridized carbons (Fsp3) is 0.429. The van der Waals surface area contributed by atoms with Crippen LogP contribution in [0.3, 0.4) is 0 Å². The third-order valence-electron chi connectivity index (χ3n) is 6.95. The van der Waals surface area contributed by atoms with Crippen LogP contribution in [0, 0.1) is 6.92 Å². The van der Waals surface area contributed by atoms with Gasteiger partial charge in [0.05, 0.1) is 13.1 Å². The number of anilines is 1. The third-order valence-corrected chi connectivity index (χ3v) is 6.95. The van der Waals surface area contributed by atoms with Crippen LogP contribution in [-0.2, 0) is 16.1 Å². The van der Waals surface area contributed by atoms with Gasteiger partial charge in [-0.25, -0.2) is 4.99 Å². The van der Waals surface area contributed by atoms with Gasteiger partial charge in [-0.15, -0.1) is 0 Å². The van der Waals surface area contributed by atoms with E-state index >= 15 is 0 Å². The Labute approximate surface area is 216 Å². The van der Waals surface area contributed by atoms with E-state index in [1.807, 2.05) is 48.2 Å². The van der Waals surface area contributed by atoms with Crippen molar-refractivity contribution in [2.45, 2.75) is 51.6 Å². The van der Waals surface area contributed by atoms with Crippen LogP contribution in [0.1, 0.15) is 43.4 Å². The summed E-state index contributed by atoms with van der Waals surface area (Å²) in [6, 6.07) is 11.2. The molecule has 9 heteroatoms. The highest BCUT2D eigenvalue weighted by molar-refractivity contribution is 5.99. The van der Waals surface area contributed by atoms with Gasteiger partial charge in [-0.1, -0.05) is 0 Å². The predicted molar refractivity (Wildman–Crippen MR) is 143 cm³/mol. The van der Waals surface area contributed by atoms with Crippen molar-refractivity contribution in [1.82, 2.24) is 20.1 Å². The number of pyridine rings is 1. The van der Waals surface area contributed by atoms with Crippen molar-refractivity contribution in [2.75, 3.05) is 31.5 Å². The highest BCUT2D eigenvalue weighted by Gasteiger charge is 2.30. The van der Waals surface area contributed by atoms with E-state index in [-0.39, 0.29) is 18.4 Å². The van der Waals surface area contributed by atoms with E-state index in [0.717, 1.165) is 66.8 Å². The number of hydrogen-bond acceptors (Lipinski definition) is 5. The minimum Gasteiger partial charge on any atom is -0.461 e. The zero-order valence-corrected chi connectivity index (χ0v) is 21.3. The Kier molecular flexibility index (Phi) is 7.67. The Balaban J connectivity index is 1.33. The predicted octanol–water partition coefficient (Wildman–Crippen LogP) is 3.70. The minimum atomic E-state index is -0.461. The molecule has 9 nitrogen and oxygen atoms in total. The first kappa shape index (κ1) is 24.8. The summed E-state index contributed by atoms with van der Waals surface area (Å²) in [5.41, 5.74) is 2.68. The summed E-state index contributed by atoms with van der Waals surface area (Å²) in [4.78, 5) is 38.7. The van der Waals surface area contributed by atoms with Gasteiger partial charge < -0.3 is 24.9 Å². The standard InChI is InChI=1S/C28H34N6O3/c1-20-16-22-17-23(7-8-25(22)37-20)31-28(30-18-21-9-11-29-12-10-21)32-24-6-2-3-15-34(27(24)36)19-26(35)33-13-4-5-14-33/h7-12,16-17,24H,2-6,13-15,18-19H2,1H3,(H2,30,31,32). The fourth-order valence-electron chi connectivity index (χ4n) is 4.96. The number of guanidine groups is 1. The first-order chi connectivity index (χ1) is 18.0. The number of fused-ring (bicyclic) bond motifs is 1. The molecule has 2 aliphatic heterocycles. The summed E-state index contributed by atoms with van der Waals surface area (Å²) in [6.07, 6.45) is 8.02. The second-order valence-corrected chi connectivity index (χ2v) is 9.80. The number of aryl methyl sites for hydroxylation is 1. The maximum atomic E-state index is 13.5. The van der Waals surface area contributed by atoms with Crippen molar-refractivity contribution in [2.24, 2.45) is 4.99 Å². The van der Waals surface area contributed by atoms with Crippen molar-refractivity contribution in [1.29, 1.82) is 0 Å². The number of rotatable bonds is 6. The lowest BCUT2D eigenvalue weighted by atomic mass is 10.1. The van der Waals surface area contributed by atoms with Gasteiger partial charge in [0.1, 0.15) is 17.4 Å². The molecule has 3 aromatic rings. The van der Waals surface area contributed by atoms with Crippen molar-refractivity contribution < 1.29 is 14.0 Å². The van der Waals surface area contributed by atoms with Gasteiger partial charge in [-0.05, 0) is 81.0 Å². The average molecular weight is 503 g/mol. The Bertz CT molecular complexity index is 1270. The van der Waals surface area contributed by atoms with E-state index in [2.05, 4.69) is 15.6 Å². The van der Waals surface area contributed by atoms with Crippen molar-refractivity contribution in [3.63, 3.8) is 0 Å². The molecule has 0 spiro atoms. The van der Waals surface area contributed by atoms with E-state index in [1.54, 1.807) is 17.3 Å². The molecule has 1 atom stereocenters. The molecule has 1 unspecified atom stereocenters. The smallest absolute Gasteiger partial charge is 0.245 e. The number of aromatic nitrogens is 1. The molecule has 2 fully saturated rings. The van der Waals surface area contributed by atoms with E-state index in [1.165, 1.54) is 0 Å². The molecule has 2 N–H and O–H groups in total. The van der Waals surface area contributed by atoms with Crippen LogP contribution in [0.25, 0.3) is 11.0 Å². The zero-order valence-electron chi connectivity index (χ0n) is 21.3. The average Bonchev–Trinajstić information content (AvgIpc) is 3.54. The van der Waals surface area contributed by atoms with Crippen LogP contribution < -0.4 is 10.6 Å². The minimum absolute atomic E-state index is 0.0416. The monoisotopic (exact) mass is 502 g/mol. The first-order valence-corrected chi connectivity index (χ1v) is 13.1. The molecule has 5 rings (SSSR count). The molecule has 2 saturated heterocycles. The quantitative estimate of drug-likeness (QED) is 0.394. The summed E-state index contributed by atoms with van der Waals surface area (Å²) in [6.45, 7) is 4.68. The lowest BCUT2D eigenvalue weighted by Gasteiger charge is -2.27. The summed E-state index contributed by atoms with van der Waals surface area (Å²) in [7, 11) is 0. The Hall–Kier alpha value is -3.88. The number of nitrogens with one attached hydrogen (secondary N) is 2. The number of benzene rings is 1. The molecule has 0 saturated carbocycles. The highest BCUT2D eigenvalue weighted by Crippen LogP contribution is 2.23. The van der Waals surface area contributed by atoms with Crippen LogP contribution in [-0.4, -0.2) is 64.8 Å².